The Morgan fingerprint density at radius 1 is 1.22 bits per heavy atom. The quantitative estimate of drug-likeness (QED) is 0.727. The molecule has 0 amide bonds. The molecule has 0 fully saturated rings. The lowest BCUT2D eigenvalue weighted by Gasteiger charge is -2.13. The van der Waals surface area contributed by atoms with Crippen LogP contribution in [0.5, 0.6) is 0 Å². The van der Waals surface area contributed by atoms with E-state index in [1.807, 2.05) is 10.6 Å². The van der Waals surface area contributed by atoms with Crippen molar-refractivity contribution >= 4 is 18.2 Å². The van der Waals surface area contributed by atoms with Crippen molar-refractivity contribution in [1.29, 1.82) is 0 Å². The zero-order chi connectivity index (χ0) is 18.3. The summed E-state index contributed by atoms with van der Waals surface area (Å²) >= 11 is 0. The molecule has 3 aliphatic rings. The largest absolute Gasteiger partial charge is 0.365 e. The first-order valence-corrected chi connectivity index (χ1v) is 9.40. The van der Waals surface area contributed by atoms with E-state index in [0.29, 0.717) is 18.9 Å². The minimum absolute atomic E-state index is 0. The van der Waals surface area contributed by atoms with E-state index in [1.165, 1.54) is 5.56 Å². The smallest absolute Gasteiger partial charge is 0.331 e. The third kappa shape index (κ3) is 3.46. The molecule has 0 spiro atoms. The molecule has 1 N–H and O–H groups in total. The summed E-state index contributed by atoms with van der Waals surface area (Å²) in [5.74, 6) is 2.55. The zero-order valence-corrected chi connectivity index (χ0v) is 16.8. The Bertz CT molecular complexity index is 947. The summed E-state index contributed by atoms with van der Waals surface area (Å²) in [5.41, 5.74) is 2.09. The van der Waals surface area contributed by atoms with Gasteiger partial charge in [-0.2, -0.15) is 0 Å². The van der Waals surface area contributed by atoms with Crippen molar-refractivity contribution in [2.24, 2.45) is 0 Å². The molecule has 6 nitrogen and oxygen atoms in total. The van der Waals surface area contributed by atoms with Crippen LogP contribution in [0.1, 0.15) is 44.5 Å². The van der Waals surface area contributed by atoms with Gasteiger partial charge in [0.05, 0.1) is 0 Å². The molecule has 0 radical (unpaired) electrons. The van der Waals surface area contributed by atoms with Gasteiger partial charge < -0.3 is 5.32 Å². The van der Waals surface area contributed by atoms with Crippen molar-refractivity contribution in [3.05, 3.63) is 52.2 Å². The molecule has 0 aliphatic carbocycles. The van der Waals surface area contributed by atoms with Crippen molar-refractivity contribution in [2.45, 2.75) is 58.7 Å². The molecule has 1 aromatic carbocycles. The van der Waals surface area contributed by atoms with Crippen molar-refractivity contribution in [3.8, 4) is 11.5 Å². The van der Waals surface area contributed by atoms with Gasteiger partial charge in [-0.05, 0) is 18.4 Å². The average Bonchev–Trinajstić information content (AvgIpc) is 3.24. The summed E-state index contributed by atoms with van der Waals surface area (Å²) in [4.78, 5) is 22.5. The number of halogens is 1. The fraction of sp³-hybridized carbons (Fsp3) is 0.450. The van der Waals surface area contributed by atoms with E-state index < -0.39 is 0 Å². The van der Waals surface area contributed by atoms with Crippen molar-refractivity contribution < 1.29 is 0 Å². The summed E-state index contributed by atoms with van der Waals surface area (Å²) in [6, 6.07) is 10.6. The van der Waals surface area contributed by atoms with Crippen LogP contribution in [-0.4, -0.2) is 25.1 Å². The van der Waals surface area contributed by atoms with Gasteiger partial charge in [0.15, 0.2) is 5.82 Å². The zero-order valence-electron chi connectivity index (χ0n) is 16.0. The second kappa shape index (κ2) is 7.72. The van der Waals surface area contributed by atoms with Gasteiger partial charge in [-0.15, -0.1) is 12.4 Å². The van der Waals surface area contributed by atoms with Crippen LogP contribution in [-0.2, 0) is 19.5 Å². The summed E-state index contributed by atoms with van der Waals surface area (Å²) < 4.78 is 3.62. The molecule has 3 aliphatic heterocycles. The Balaban J connectivity index is 0.00000210. The Labute approximate surface area is 165 Å². The van der Waals surface area contributed by atoms with Crippen molar-refractivity contribution in [2.75, 3.05) is 5.32 Å². The fourth-order valence-corrected chi connectivity index (χ4v) is 3.63. The molecule has 1 aromatic rings. The van der Waals surface area contributed by atoms with Crippen LogP contribution in [0, 0.1) is 0 Å². The standard InChI is InChI=1S/C20H25N5O.ClH/c1-4-10-24-19-16(22-17(23-19)13(2)3)18-21-15(12-25(18)20(24)26)11-14-8-6-5-7-9-14;/h5-9,13,15,21H,4,10-12H2,1-3H3;1H/t15-;/m1./s1. The lowest BCUT2D eigenvalue weighted by Crippen LogP contribution is -2.32. The molecule has 1 atom stereocenters. The maximum atomic E-state index is 13.1. The van der Waals surface area contributed by atoms with E-state index in [2.05, 4.69) is 55.3 Å². The number of anilines is 1. The first-order valence-electron chi connectivity index (χ1n) is 9.40. The Morgan fingerprint density at radius 3 is 2.63 bits per heavy atom. The average molecular weight is 388 g/mol. The van der Waals surface area contributed by atoms with E-state index in [-0.39, 0.29) is 30.1 Å². The second-order valence-electron chi connectivity index (χ2n) is 7.33. The van der Waals surface area contributed by atoms with E-state index in [4.69, 9.17) is 4.98 Å². The highest BCUT2D eigenvalue weighted by Crippen LogP contribution is 2.32. The van der Waals surface area contributed by atoms with Crippen LogP contribution >= 0.6 is 12.4 Å². The molecule has 4 rings (SSSR count). The number of hydrogen-bond acceptors (Lipinski definition) is 4. The first-order chi connectivity index (χ1) is 12.6. The van der Waals surface area contributed by atoms with Crippen LogP contribution in [0.4, 0.5) is 5.82 Å². The number of rotatable bonds is 5. The van der Waals surface area contributed by atoms with Crippen molar-refractivity contribution in [3.63, 3.8) is 0 Å². The molecule has 27 heavy (non-hydrogen) atoms. The van der Waals surface area contributed by atoms with Gasteiger partial charge in [-0.1, -0.05) is 51.1 Å². The van der Waals surface area contributed by atoms with Gasteiger partial charge in [0.2, 0.25) is 0 Å². The Hall–Kier alpha value is -2.34. The second-order valence-corrected chi connectivity index (χ2v) is 7.33. The number of nitrogens with zero attached hydrogens (tertiary/aromatic N) is 4. The van der Waals surface area contributed by atoms with Gasteiger partial charge in [0.1, 0.15) is 17.3 Å². The van der Waals surface area contributed by atoms with E-state index in [1.54, 1.807) is 4.57 Å². The van der Waals surface area contributed by atoms with Gasteiger partial charge in [-0.25, -0.2) is 14.8 Å². The minimum atomic E-state index is 0. The Kier molecular flexibility index (Phi) is 5.56. The normalized spacial score (nSPS) is 15.6. The number of aromatic nitrogens is 4. The highest BCUT2D eigenvalue weighted by atomic mass is 35.5. The molecule has 144 valence electrons. The van der Waals surface area contributed by atoms with Crippen LogP contribution in [0.25, 0.3) is 11.5 Å². The summed E-state index contributed by atoms with van der Waals surface area (Å²) in [6.07, 6.45) is 1.77. The lowest BCUT2D eigenvalue weighted by atomic mass is 10.1. The summed E-state index contributed by atoms with van der Waals surface area (Å²) in [7, 11) is 0. The third-order valence-corrected chi connectivity index (χ3v) is 4.90. The summed E-state index contributed by atoms with van der Waals surface area (Å²) in [6.45, 7) is 7.55. The molecular weight excluding hydrogens is 362 g/mol. The maximum absolute atomic E-state index is 13.1. The highest BCUT2D eigenvalue weighted by Gasteiger charge is 2.31. The number of imidazole rings is 1. The van der Waals surface area contributed by atoms with Crippen LogP contribution < -0.4 is 11.0 Å². The topological polar surface area (TPSA) is 64.7 Å². The minimum Gasteiger partial charge on any atom is -0.365 e. The van der Waals surface area contributed by atoms with E-state index >= 15 is 0 Å². The molecule has 0 unspecified atom stereocenters. The Morgan fingerprint density at radius 2 is 1.96 bits per heavy atom. The van der Waals surface area contributed by atoms with Gasteiger partial charge in [0.25, 0.3) is 0 Å². The third-order valence-electron chi connectivity index (χ3n) is 4.90. The number of hydrogen-bond donors (Lipinski definition) is 1. The van der Waals surface area contributed by atoms with Crippen molar-refractivity contribution in [1.82, 2.24) is 19.1 Å². The molecule has 0 aromatic heterocycles. The SMILES string of the molecule is CCCn1c2nc(C(C)C)nc-2c2n(c1=O)C[C@@H](Cc1ccccc1)N2.Cl. The van der Waals surface area contributed by atoms with Crippen LogP contribution in [0.15, 0.2) is 35.1 Å². The molecular formula is C20H26ClN5O. The molecule has 0 bridgehead atoms. The fourth-order valence-electron chi connectivity index (χ4n) is 3.63. The first kappa shape index (κ1) is 19.4. The van der Waals surface area contributed by atoms with E-state index in [9.17, 15) is 4.79 Å². The van der Waals surface area contributed by atoms with Gasteiger partial charge in [0, 0.05) is 25.0 Å². The molecule has 0 saturated carbocycles. The number of fused-ring (bicyclic) bond motifs is 3. The molecule has 7 heteroatoms. The monoisotopic (exact) mass is 387 g/mol. The van der Waals surface area contributed by atoms with Gasteiger partial charge >= 0.3 is 5.69 Å². The van der Waals surface area contributed by atoms with Crippen LogP contribution in [0.2, 0.25) is 0 Å². The predicted octanol–water partition coefficient (Wildman–Crippen LogP) is 3.54. The highest BCUT2D eigenvalue weighted by molar-refractivity contribution is 5.85. The lowest BCUT2D eigenvalue weighted by molar-refractivity contribution is 0.560. The number of benzene rings is 1. The maximum Gasteiger partial charge on any atom is 0.331 e. The van der Waals surface area contributed by atoms with Crippen LogP contribution in [0.3, 0.4) is 0 Å². The predicted molar refractivity (Wildman–Crippen MR) is 110 cm³/mol. The van der Waals surface area contributed by atoms with Gasteiger partial charge in [-0.3, -0.25) is 9.13 Å². The number of nitrogens with one attached hydrogen (secondary N) is 1. The molecule has 0 saturated heterocycles. The summed E-state index contributed by atoms with van der Waals surface area (Å²) in [5, 5.41) is 3.54. The molecule has 3 heterocycles. The van der Waals surface area contributed by atoms with E-state index in [0.717, 1.165) is 30.2 Å².